The monoisotopic (exact) mass is 276 g/mol. The number of nitrogen functional groups attached to an aromatic ring is 1. The van der Waals surface area contributed by atoms with Gasteiger partial charge in [-0.05, 0) is 37.0 Å². The van der Waals surface area contributed by atoms with Crippen LogP contribution >= 0.6 is 11.8 Å². The van der Waals surface area contributed by atoms with Crippen molar-refractivity contribution in [3.8, 4) is 0 Å². The quantitative estimate of drug-likeness (QED) is 0.812. The lowest BCUT2D eigenvalue weighted by molar-refractivity contribution is -0.116. The lowest BCUT2D eigenvalue weighted by atomic mass is 10.0. The van der Waals surface area contributed by atoms with Crippen molar-refractivity contribution in [2.45, 2.75) is 55.1 Å². The maximum absolute atomic E-state index is 11.4. The first-order chi connectivity index (χ1) is 9.22. The van der Waals surface area contributed by atoms with Gasteiger partial charge in [-0.1, -0.05) is 19.3 Å². The number of nitrogens with two attached hydrogens (primary N) is 1. The van der Waals surface area contributed by atoms with Crippen LogP contribution in [-0.4, -0.2) is 11.2 Å². The number of carbonyl (C=O) groups is 1. The second-order valence-corrected chi connectivity index (χ2v) is 6.82. The van der Waals surface area contributed by atoms with Crippen LogP contribution in [0.2, 0.25) is 0 Å². The highest BCUT2D eigenvalue weighted by Crippen LogP contribution is 2.39. The van der Waals surface area contributed by atoms with Gasteiger partial charge in [0.1, 0.15) is 0 Å². The van der Waals surface area contributed by atoms with E-state index in [9.17, 15) is 4.79 Å². The van der Waals surface area contributed by atoms with E-state index in [0.29, 0.717) is 11.7 Å². The van der Waals surface area contributed by atoms with Gasteiger partial charge >= 0.3 is 0 Å². The summed E-state index contributed by atoms with van der Waals surface area (Å²) in [5, 5.41) is 3.62. The third-order valence-corrected chi connectivity index (χ3v) is 5.39. The van der Waals surface area contributed by atoms with Gasteiger partial charge in [0.05, 0.1) is 0 Å². The highest BCUT2D eigenvalue weighted by atomic mass is 32.2. The van der Waals surface area contributed by atoms with Gasteiger partial charge in [-0.15, -0.1) is 11.8 Å². The summed E-state index contributed by atoms with van der Waals surface area (Å²) < 4.78 is 0. The second-order valence-electron chi connectivity index (χ2n) is 5.47. The molecule has 0 aromatic heterocycles. The summed E-state index contributed by atoms with van der Waals surface area (Å²) in [7, 11) is 0. The average Bonchev–Trinajstić information content (AvgIpc) is 2.41. The fourth-order valence-electron chi connectivity index (χ4n) is 2.89. The maximum Gasteiger partial charge on any atom is 0.224 e. The number of hydrogen-bond donors (Lipinski definition) is 2. The zero-order chi connectivity index (χ0) is 13.2. The molecule has 4 heteroatoms. The largest absolute Gasteiger partial charge is 0.398 e. The van der Waals surface area contributed by atoms with Gasteiger partial charge in [0, 0.05) is 27.9 Å². The van der Waals surface area contributed by atoms with E-state index >= 15 is 0 Å². The minimum absolute atomic E-state index is 0.0968. The van der Waals surface area contributed by atoms with Crippen molar-refractivity contribution in [1.82, 2.24) is 0 Å². The molecule has 3 rings (SSSR count). The van der Waals surface area contributed by atoms with Gasteiger partial charge < -0.3 is 11.1 Å². The molecule has 3 nitrogen and oxygen atoms in total. The van der Waals surface area contributed by atoms with Crippen molar-refractivity contribution in [2.75, 3.05) is 11.1 Å². The van der Waals surface area contributed by atoms with Gasteiger partial charge in [-0.25, -0.2) is 0 Å². The van der Waals surface area contributed by atoms with E-state index in [1.54, 1.807) is 0 Å². The number of thioether (sulfide) groups is 1. The molecular weight excluding hydrogens is 256 g/mol. The van der Waals surface area contributed by atoms with Gasteiger partial charge in [0.2, 0.25) is 5.91 Å². The van der Waals surface area contributed by atoms with Crippen molar-refractivity contribution >= 4 is 29.0 Å². The molecule has 1 aliphatic heterocycles. The topological polar surface area (TPSA) is 55.1 Å². The molecule has 1 aromatic rings. The summed E-state index contributed by atoms with van der Waals surface area (Å²) in [6.45, 7) is 0. The molecule has 1 saturated carbocycles. The number of hydrogen-bond acceptors (Lipinski definition) is 3. The Morgan fingerprint density at radius 2 is 1.95 bits per heavy atom. The van der Waals surface area contributed by atoms with E-state index in [-0.39, 0.29) is 5.91 Å². The number of nitrogens with one attached hydrogen (secondary N) is 1. The Morgan fingerprint density at radius 3 is 2.74 bits per heavy atom. The predicted octanol–water partition coefficient (Wildman–Crippen LogP) is 3.58. The zero-order valence-corrected chi connectivity index (χ0v) is 11.9. The number of anilines is 2. The lowest BCUT2D eigenvalue weighted by Crippen LogP contribution is -2.19. The van der Waals surface area contributed by atoms with E-state index in [2.05, 4.69) is 11.4 Å². The maximum atomic E-state index is 11.4. The first-order valence-electron chi connectivity index (χ1n) is 7.11. The minimum Gasteiger partial charge on any atom is -0.398 e. The molecule has 102 valence electrons. The average molecular weight is 276 g/mol. The number of rotatable bonds is 2. The first-order valence-corrected chi connectivity index (χ1v) is 7.99. The summed E-state index contributed by atoms with van der Waals surface area (Å²) in [4.78, 5) is 12.6. The van der Waals surface area contributed by atoms with Crippen LogP contribution in [0, 0.1) is 0 Å². The third kappa shape index (κ3) is 2.89. The Labute approximate surface area is 118 Å². The van der Waals surface area contributed by atoms with E-state index in [4.69, 9.17) is 5.73 Å². The third-order valence-electron chi connectivity index (χ3n) is 3.98. The molecule has 1 aliphatic carbocycles. The van der Waals surface area contributed by atoms with Crippen LogP contribution in [0.4, 0.5) is 11.4 Å². The second kappa shape index (κ2) is 5.45. The molecule has 0 atom stereocenters. The molecule has 1 heterocycles. The Kier molecular flexibility index (Phi) is 3.69. The fourth-order valence-corrected chi connectivity index (χ4v) is 4.22. The van der Waals surface area contributed by atoms with Crippen LogP contribution < -0.4 is 11.1 Å². The molecule has 1 amide bonds. The standard InChI is InChI=1S/C15H20N2OS/c16-12-9-13-10(6-7-15(18)17-13)8-14(12)19-11-4-2-1-3-5-11/h8-9,11H,1-7,16H2,(H,17,18). The number of carbonyl (C=O) groups excluding carboxylic acids is 1. The predicted molar refractivity (Wildman–Crippen MR) is 80.5 cm³/mol. The van der Waals surface area contributed by atoms with Gasteiger partial charge in [-0.3, -0.25) is 4.79 Å². The Morgan fingerprint density at radius 1 is 1.16 bits per heavy atom. The summed E-state index contributed by atoms with van der Waals surface area (Å²) >= 11 is 1.93. The van der Waals surface area contributed by atoms with Gasteiger partial charge in [0.15, 0.2) is 0 Å². The SMILES string of the molecule is Nc1cc2c(cc1SC1CCCCC1)CCC(=O)N2. The normalized spacial score (nSPS) is 19.9. The summed E-state index contributed by atoms with van der Waals surface area (Å²) in [6.07, 6.45) is 8.10. The molecule has 1 fully saturated rings. The van der Waals surface area contributed by atoms with E-state index in [0.717, 1.165) is 17.8 Å². The van der Waals surface area contributed by atoms with Crippen LogP contribution in [0.15, 0.2) is 17.0 Å². The smallest absolute Gasteiger partial charge is 0.224 e. The van der Waals surface area contributed by atoms with Gasteiger partial charge in [-0.2, -0.15) is 0 Å². The number of amides is 1. The molecule has 0 bridgehead atoms. The summed E-state index contributed by atoms with van der Waals surface area (Å²) in [6, 6.07) is 4.11. The number of fused-ring (bicyclic) bond motifs is 1. The molecule has 1 aromatic carbocycles. The van der Waals surface area contributed by atoms with Crippen LogP contribution in [-0.2, 0) is 11.2 Å². The van der Waals surface area contributed by atoms with Crippen LogP contribution in [0.5, 0.6) is 0 Å². The van der Waals surface area contributed by atoms with Crippen molar-refractivity contribution in [1.29, 1.82) is 0 Å². The van der Waals surface area contributed by atoms with Crippen molar-refractivity contribution < 1.29 is 4.79 Å². The molecule has 0 spiro atoms. The molecule has 19 heavy (non-hydrogen) atoms. The van der Waals surface area contributed by atoms with Crippen LogP contribution in [0.25, 0.3) is 0 Å². The van der Waals surface area contributed by atoms with Crippen LogP contribution in [0.1, 0.15) is 44.1 Å². The molecule has 3 N–H and O–H groups in total. The van der Waals surface area contributed by atoms with Crippen molar-refractivity contribution in [3.63, 3.8) is 0 Å². The molecular formula is C15H20N2OS. The lowest BCUT2D eigenvalue weighted by Gasteiger charge is -2.23. The zero-order valence-electron chi connectivity index (χ0n) is 11.1. The van der Waals surface area contributed by atoms with Gasteiger partial charge in [0.25, 0.3) is 0 Å². The highest BCUT2D eigenvalue weighted by molar-refractivity contribution is 8.00. The molecule has 0 radical (unpaired) electrons. The van der Waals surface area contributed by atoms with Crippen molar-refractivity contribution in [3.05, 3.63) is 17.7 Å². The molecule has 0 saturated heterocycles. The minimum atomic E-state index is 0.0968. The Balaban J connectivity index is 1.80. The van der Waals surface area contributed by atoms with E-state index in [1.807, 2.05) is 17.8 Å². The van der Waals surface area contributed by atoms with Crippen LogP contribution in [0.3, 0.4) is 0 Å². The molecule has 2 aliphatic rings. The van der Waals surface area contributed by atoms with E-state index < -0.39 is 0 Å². The highest BCUT2D eigenvalue weighted by Gasteiger charge is 2.20. The summed E-state index contributed by atoms with van der Waals surface area (Å²) in [5.74, 6) is 0.0968. The fraction of sp³-hybridized carbons (Fsp3) is 0.533. The Bertz CT molecular complexity index is 495. The van der Waals surface area contributed by atoms with Crippen molar-refractivity contribution in [2.24, 2.45) is 0 Å². The number of aryl methyl sites for hydroxylation is 1. The first kappa shape index (κ1) is 12.9. The number of benzene rings is 1. The Hall–Kier alpha value is -1.16. The summed E-state index contributed by atoms with van der Waals surface area (Å²) in [5.41, 5.74) is 9.07. The van der Waals surface area contributed by atoms with E-state index in [1.165, 1.54) is 42.6 Å². The molecule has 0 unspecified atom stereocenters.